The smallest absolute Gasteiger partial charge is 0.263 e. The number of fused-ring (bicyclic) bond motifs is 1. The molecular weight excluding hydrogens is 486 g/mol. The minimum absolute atomic E-state index is 0.239. The first-order valence-electron chi connectivity index (χ1n) is 9.28. The molecule has 10 heteroatoms. The zero-order valence-electron chi connectivity index (χ0n) is 16.5. The fourth-order valence-corrected chi connectivity index (χ4v) is 5.09. The predicted molar refractivity (Wildman–Crippen MR) is 124 cm³/mol. The summed E-state index contributed by atoms with van der Waals surface area (Å²) in [5, 5.41) is 12.5. The molecule has 3 heterocycles. The van der Waals surface area contributed by atoms with Gasteiger partial charge in [0.25, 0.3) is 5.56 Å². The van der Waals surface area contributed by atoms with E-state index in [2.05, 4.69) is 36.4 Å². The fraction of sp³-hybridized carbons (Fsp3) is 0.250. The lowest BCUT2D eigenvalue weighted by molar-refractivity contribution is -0.118. The summed E-state index contributed by atoms with van der Waals surface area (Å²) in [5.74, 6) is -0.339. The molecule has 1 N–H and O–H groups in total. The Kier molecular flexibility index (Phi) is 5.81. The number of amides is 1. The van der Waals surface area contributed by atoms with Crippen LogP contribution in [0.15, 0.2) is 39.9 Å². The molecule has 0 fully saturated rings. The topological polar surface area (TPSA) is 89.8 Å². The van der Waals surface area contributed by atoms with Gasteiger partial charge in [-0.15, -0.1) is 21.5 Å². The number of thiophene rings is 1. The van der Waals surface area contributed by atoms with Crippen molar-refractivity contribution in [1.82, 2.24) is 19.7 Å². The number of hydrogen-bond acceptors (Lipinski definition) is 7. The Bertz CT molecular complexity index is 1290. The van der Waals surface area contributed by atoms with Crippen LogP contribution in [-0.4, -0.2) is 25.7 Å². The number of rotatable bonds is 5. The molecule has 0 aliphatic rings. The Balaban J connectivity index is 1.73. The van der Waals surface area contributed by atoms with Crippen LogP contribution in [0.25, 0.3) is 21.3 Å². The monoisotopic (exact) mass is 503 g/mol. The molecule has 1 atom stereocenters. The van der Waals surface area contributed by atoms with Gasteiger partial charge in [0, 0.05) is 14.9 Å². The van der Waals surface area contributed by atoms with Gasteiger partial charge in [-0.2, -0.15) is 0 Å². The van der Waals surface area contributed by atoms with E-state index in [1.54, 1.807) is 6.92 Å². The predicted octanol–water partition coefficient (Wildman–Crippen LogP) is 4.81. The van der Waals surface area contributed by atoms with E-state index in [9.17, 15) is 9.59 Å². The summed E-state index contributed by atoms with van der Waals surface area (Å²) in [6.45, 7) is 5.62. The van der Waals surface area contributed by atoms with Crippen LogP contribution in [0.1, 0.15) is 29.8 Å². The van der Waals surface area contributed by atoms with Gasteiger partial charge in [0.05, 0.1) is 11.7 Å². The number of anilines is 1. The molecule has 1 unspecified atom stereocenters. The molecule has 0 aliphatic carbocycles. The molecule has 30 heavy (non-hydrogen) atoms. The van der Waals surface area contributed by atoms with E-state index in [1.807, 2.05) is 38.1 Å². The lowest BCUT2D eigenvalue weighted by atomic mass is 10.0. The quantitative estimate of drug-likeness (QED) is 0.422. The number of nitrogens with zero attached hydrogens (tertiary/aromatic N) is 4. The van der Waals surface area contributed by atoms with Crippen molar-refractivity contribution in [2.75, 3.05) is 5.32 Å². The van der Waals surface area contributed by atoms with Gasteiger partial charge in [-0.3, -0.25) is 19.5 Å². The number of carbonyl (C=O) groups is 1. The maximum atomic E-state index is 13.4. The maximum absolute atomic E-state index is 13.4. The Morgan fingerprint density at radius 1 is 1.23 bits per heavy atom. The third-order valence-electron chi connectivity index (χ3n) is 4.74. The van der Waals surface area contributed by atoms with Crippen LogP contribution >= 0.6 is 38.6 Å². The van der Waals surface area contributed by atoms with Gasteiger partial charge in [0.15, 0.2) is 0 Å². The van der Waals surface area contributed by atoms with Crippen molar-refractivity contribution in [2.45, 2.75) is 33.2 Å². The summed E-state index contributed by atoms with van der Waals surface area (Å²) in [5.41, 5.74) is 1.56. The van der Waals surface area contributed by atoms with E-state index in [1.165, 1.54) is 33.6 Å². The van der Waals surface area contributed by atoms with Crippen LogP contribution in [-0.2, 0) is 11.2 Å². The SMILES string of the molecule is CCc1nnc(NC(=O)C(C)n2cnc3sc(C)c(-c4ccc(Br)cc4)c3c2=O)s1. The number of aryl methyl sites for hydroxylation is 2. The summed E-state index contributed by atoms with van der Waals surface area (Å²) in [7, 11) is 0. The second-order valence-electron chi connectivity index (χ2n) is 6.70. The van der Waals surface area contributed by atoms with Gasteiger partial charge in [-0.25, -0.2) is 4.98 Å². The normalized spacial score (nSPS) is 12.3. The zero-order valence-corrected chi connectivity index (χ0v) is 19.7. The van der Waals surface area contributed by atoms with Crippen molar-refractivity contribution >= 4 is 59.9 Å². The lowest BCUT2D eigenvalue weighted by Gasteiger charge is -2.14. The highest BCUT2D eigenvalue weighted by molar-refractivity contribution is 9.10. The van der Waals surface area contributed by atoms with E-state index < -0.39 is 6.04 Å². The van der Waals surface area contributed by atoms with Crippen LogP contribution in [0, 0.1) is 6.92 Å². The molecule has 3 aromatic heterocycles. The Hall–Kier alpha value is -2.43. The number of halogens is 1. The zero-order chi connectivity index (χ0) is 21.4. The van der Waals surface area contributed by atoms with Gasteiger partial charge in [-0.1, -0.05) is 46.3 Å². The number of carbonyl (C=O) groups excluding carboxylic acids is 1. The van der Waals surface area contributed by atoms with Gasteiger partial charge >= 0.3 is 0 Å². The summed E-state index contributed by atoms with van der Waals surface area (Å²) >= 11 is 6.24. The summed E-state index contributed by atoms with van der Waals surface area (Å²) in [6, 6.07) is 7.06. The van der Waals surface area contributed by atoms with E-state index >= 15 is 0 Å². The van der Waals surface area contributed by atoms with Gasteiger partial charge in [0.1, 0.15) is 15.9 Å². The molecule has 4 aromatic rings. The van der Waals surface area contributed by atoms with Crippen molar-refractivity contribution in [3.05, 3.63) is 55.3 Å². The molecule has 0 radical (unpaired) electrons. The first-order chi connectivity index (χ1) is 14.4. The molecule has 1 amide bonds. The first kappa shape index (κ1) is 20.8. The Morgan fingerprint density at radius 2 is 1.97 bits per heavy atom. The second kappa shape index (κ2) is 8.37. The molecule has 0 saturated carbocycles. The molecular formula is C20H18BrN5O2S2. The molecule has 0 spiro atoms. The number of benzene rings is 1. The van der Waals surface area contributed by atoms with Crippen LogP contribution in [0.5, 0.6) is 0 Å². The highest BCUT2D eigenvalue weighted by atomic mass is 79.9. The molecule has 7 nitrogen and oxygen atoms in total. The van der Waals surface area contributed by atoms with Crippen LogP contribution < -0.4 is 10.9 Å². The molecule has 0 aliphatic heterocycles. The summed E-state index contributed by atoms with van der Waals surface area (Å²) < 4.78 is 2.33. The van der Waals surface area contributed by atoms with Crippen molar-refractivity contribution in [3.63, 3.8) is 0 Å². The fourth-order valence-electron chi connectivity index (χ4n) is 3.14. The highest BCUT2D eigenvalue weighted by Crippen LogP contribution is 2.36. The molecule has 1 aromatic carbocycles. The number of aromatic nitrogens is 4. The van der Waals surface area contributed by atoms with E-state index in [-0.39, 0.29) is 11.5 Å². The third kappa shape index (κ3) is 3.82. The number of hydrogen-bond donors (Lipinski definition) is 1. The standard InChI is InChI=1S/C20H18BrN5O2S2/c1-4-14-24-25-20(30-14)23-17(27)10(2)26-9-22-18-16(19(26)28)15(11(3)29-18)12-5-7-13(21)8-6-12/h5-10H,4H2,1-3H3,(H,23,25,27). The summed E-state index contributed by atoms with van der Waals surface area (Å²) in [4.78, 5) is 32.2. The minimum Gasteiger partial charge on any atom is -0.299 e. The molecule has 0 saturated heterocycles. The van der Waals surface area contributed by atoms with Gasteiger partial charge < -0.3 is 0 Å². The third-order valence-corrected chi connectivity index (χ3v) is 7.27. The summed E-state index contributed by atoms with van der Waals surface area (Å²) in [6.07, 6.45) is 2.19. The Labute approximate surface area is 188 Å². The van der Waals surface area contributed by atoms with Gasteiger partial charge in [-0.05, 0) is 38.0 Å². The maximum Gasteiger partial charge on any atom is 0.263 e. The van der Waals surface area contributed by atoms with Crippen LogP contribution in [0.3, 0.4) is 0 Å². The largest absolute Gasteiger partial charge is 0.299 e. The average molecular weight is 504 g/mol. The second-order valence-corrected chi connectivity index (χ2v) is 9.88. The van der Waals surface area contributed by atoms with E-state index in [4.69, 9.17) is 0 Å². The molecule has 0 bridgehead atoms. The molecule has 4 rings (SSSR count). The van der Waals surface area contributed by atoms with E-state index in [0.717, 1.165) is 31.9 Å². The Morgan fingerprint density at radius 3 is 2.63 bits per heavy atom. The van der Waals surface area contributed by atoms with Crippen molar-refractivity contribution < 1.29 is 4.79 Å². The van der Waals surface area contributed by atoms with Gasteiger partial charge in [0.2, 0.25) is 11.0 Å². The van der Waals surface area contributed by atoms with Crippen molar-refractivity contribution in [1.29, 1.82) is 0 Å². The van der Waals surface area contributed by atoms with Crippen LogP contribution in [0.2, 0.25) is 0 Å². The minimum atomic E-state index is -0.749. The number of nitrogens with one attached hydrogen (secondary N) is 1. The molecule has 154 valence electrons. The highest BCUT2D eigenvalue weighted by Gasteiger charge is 2.22. The first-order valence-corrected chi connectivity index (χ1v) is 11.7. The van der Waals surface area contributed by atoms with Crippen LogP contribution in [0.4, 0.5) is 5.13 Å². The van der Waals surface area contributed by atoms with Crippen molar-refractivity contribution in [3.8, 4) is 11.1 Å². The van der Waals surface area contributed by atoms with Crippen molar-refractivity contribution in [2.24, 2.45) is 0 Å². The lowest BCUT2D eigenvalue weighted by Crippen LogP contribution is -2.31. The van der Waals surface area contributed by atoms with E-state index in [0.29, 0.717) is 15.3 Å². The average Bonchev–Trinajstić information content (AvgIpc) is 3.32.